The molecule has 1 amide bonds. The predicted molar refractivity (Wildman–Crippen MR) is 105 cm³/mol. The average Bonchev–Trinajstić information content (AvgIpc) is 3.17. The molecule has 0 bridgehead atoms. The van der Waals surface area contributed by atoms with Crippen molar-refractivity contribution in [2.24, 2.45) is 0 Å². The van der Waals surface area contributed by atoms with Crippen LogP contribution in [0.1, 0.15) is 12.7 Å². The summed E-state index contributed by atoms with van der Waals surface area (Å²) in [6, 6.07) is 19.1. The molecule has 0 spiro atoms. The van der Waals surface area contributed by atoms with Gasteiger partial charge in [-0.15, -0.1) is 0 Å². The fourth-order valence-electron chi connectivity index (χ4n) is 2.77. The smallest absolute Gasteiger partial charge is 0.238 e. The Balaban J connectivity index is 1.61. The number of anilines is 1. The zero-order valence-electron chi connectivity index (χ0n) is 15.5. The fraction of sp³-hybridized carbons (Fsp3) is 0.238. The molecule has 6 nitrogen and oxygen atoms in total. The van der Waals surface area contributed by atoms with Crippen molar-refractivity contribution in [3.8, 4) is 17.0 Å². The average molecular weight is 365 g/mol. The molecule has 0 aliphatic carbocycles. The third-order valence-corrected chi connectivity index (χ3v) is 4.20. The van der Waals surface area contributed by atoms with E-state index in [2.05, 4.69) is 10.5 Å². The standard InChI is InChI=1S/C21H23N3O3/c1-3-24(15-21(25)22-18-11-7-8-12-20(18)26-2)14-17-13-19(23-27-17)16-9-5-4-6-10-16/h4-13H,3,14-15H2,1-2H3,(H,22,25). The van der Waals surface area contributed by atoms with E-state index in [1.165, 1.54) is 0 Å². The number of hydrogen-bond donors (Lipinski definition) is 1. The van der Waals surface area contributed by atoms with Crippen molar-refractivity contribution in [2.75, 3.05) is 25.5 Å². The normalized spacial score (nSPS) is 10.8. The van der Waals surface area contributed by atoms with Crippen LogP contribution in [0.2, 0.25) is 0 Å². The number of benzene rings is 2. The number of likely N-dealkylation sites (N-methyl/N-ethyl adjacent to an activating group) is 1. The van der Waals surface area contributed by atoms with Gasteiger partial charge < -0.3 is 14.6 Å². The molecule has 3 rings (SSSR count). The summed E-state index contributed by atoms with van der Waals surface area (Å²) in [5.41, 5.74) is 2.46. The number of hydrogen-bond acceptors (Lipinski definition) is 5. The number of rotatable bonds is 8. The number of nitrogens with one attached hydrogen (secondary N) is 1. The second-order valence-corrected chi connectivity index (χ2v) is 6.10. The maximum atomic E-state index is 12.4. The van der Waals surface area contributed by atoms with Gasteiger partial charge in [0.2, 0.25) is 5.91 Å². The van der Waals surface area contributed by atoms with Crippen molar-refractivity contribution >= 4 is 11.6 Å². The SMILES string of the molecule is CCN(CC(=O)Nc1ccccc1OC)Cc1cc(-c2ccccc2)no1. The molecule has 0 saturated heterocycles. The lowest BCUT2D eigenvalue weighted by Gasteiger charge is -2.18. The number of methoxy groups -OCH3 is 1. The minimum Gasteiger partial charge on any atom is -0.495 e. The van der Waals surface area contributed by atoms with Crippen LogP contribution in [0.3, 0.4) is 0 Å². The summed E-state index contributed by atoms with van der Waals surface area (Å²) < 4.78 is 10.7. The van der Waals surface area contributed by atoms with Crippen molar-refractivity contribution in [1.82, 2.24) is 10.1 Å². The number of aromatic nitrogens is 1. The summed E-state index contributed by atoms with van der Waals surface area (Å²) >= 11 is 0. The largest absolute Gasteiger partial charge is 0.495 e. The summed E-state index contributed by atoms with van der Waals surface area (Å²) in [7, 11) is 1.58. The molecular formula is C21H23N3O3. The van der Waals surface area contributed by atoms with Crippen molar-refractivity contribution in [2.45, 2.75) is 13.5 Å². The van der Waals surface area contributed by atoms with Crippen LogP contribution in [-0.2, 0) is 11.3 Å². The van der Waals surface area contributed by atoms with Gasteiger partial charge >= 0.3 is 0 Å². The summed E-state index contributed by atoms with van der Waals surface area (Å²) in [4.78, 5) is 14.4. The Morgan fingerprint density at radius 3 is 2.63 bits per heavy atom. The number of carbonyl (C=O) groups excluding carboxylic acids is 1. The Morgan fingerprint density at radius 2 is 1.89 bits per heavy atom. The second-order valence-electron chi connectivity index (χ2n) is 6.10. The van der Waals surface area contributed by atoms with Crippen LogP contribution in [0, 0.1) is 0 Å². The number of ether oxygens (including phenoxy) is 1. The monoisotopic (exact) mass is 365 g/mol. The Kier molecular flexibility index (Phi) is 6.22. The summed E-state index contributed by atoms with van der Waals surface area (Å²) in [5, 5.41) is 7.02. The van der Waals surface area contributed by atoms with Crippen LogP contribution in [0.25, 0.3) is 11.3 Å². The van der Waals surface area contributed by atoms with E-state index in [1.807, 2.05) is 72.5 Å². The van der Waals surface area contributed by atoms with Crippen LogP contribution in [0.5, 0.6) is 5.75 Å². The zero-order chi connectivity index (χ0) is 19.1. The number of carbonyl (C=O) groups is 1. The molecule has 1 heterocycles. The van der Waals surface area contributed by atoms with Crippen LogP contribution < -0.4 is 10.1 Å². The molecule has 6 heteroatoms. The maximum Gasteiger partial charge on any atom is 0.238 e. The number of nitrogens with zero attached hydrogens (tertiary/aromatic N) is 2. The van der Waals surface area contributed by atoms with Gasteiger partial charge in [-0.25, -0.2) is 0 Å². The van der Waals surface area contributed by atoms with E-state index in [4.69, 9.17) is 9.26 Å². The predicted octanol–water partition coefficient (Wildman–Crippen LogP) is 3.81. The molecule has 0 atom stereocenters. The molecule has 0 unspecified atom stereocenters. The van der Waals surface area contributed by atoms with Crippen molar-refractivity contribution in [3.63, 3.8) is 0 Å². The van der Waals surface area contributed by atoms with Gasteiger partial charge in [0.05, 0.1) is 25.9 Å². The molecule has 0 radical (unpaired) electrons. The van der Waals surface area contributed by atoms with Crippen LogP contribution >= 0.6 is 0 Å². The van der Waals surface area contributed by atoms with E-state index in [0.29, 0.717) is 24.5 Å². The molecule has 0 fully saturated rings. The van der Waals surface area contributed by atoms with Crippen molar-refractivity contribution in [3.05, 3.63) is 66.4 Å². The maximum absolute atomic E-state index is 12.4. The first-order valence-electron chi connectivity index (χ1n) is 8.86. The highest BCUT2D eigenvalue weighted by atomic mass is 16.5. The molecule has 3 aromatic rings. The van der Waals surface area contributed by atoms with Gasteiger partial charge in [0.15, 0.2) is 5.76 Å². The molecule has 140 valence electrons. The molecule has 2 aromatic carbocycles. The number of para-hydroxylation sites is 2. The van der Waals surface area contributed by atoms with Crippen LogP contribution in [0.4, 0.5) is 5.69 Å². The highest BCUT2D eigenvalue weighted by Gasteiger charge is 2.14. The Bertz CT molecular complexity index is 877. The van der Waals surface area contributed by atoms with Crippen LogP contribution in [-0.4, -0.2) is 36.2 Å². The summed E-state index contributed by atoms with van der Waals surface area (Å²) in [5.74, 6) is 1.25. The van der Waals surface area contributed by atoms with Crippen molar-refractivity contribution < 1.29 is 14.1 Å². The highest BCUT2D eigenvalue weighted by molar-refractivity contribution is 5.93. The Morgan fingerprint density at radius 1 is 1.15 bits per heavy atom. The van der Waals surface area contributed by atoms with Gasteiger partial charge in [-0.3, -0.25) is 9.69 Å². The van der Waals surface area contributed by atoms with Gasteiger partial charge in [-0.2, -0.15) is 0 Å². The van der Waals surface area contributed by atoms with Crippen LogP contribution in [0.15, 0.2) is 65.2 Å². The minimum absolute atomic E-state index is 0.107. The van der Waals surface area contributed by atoms with Gasteiger partial charge in [0.25, 0.3) is 0 Å². The first-order valence-corrected chi connectivity index (χ1v) is 8.86. The second kappa shape index (κ2) is 9.00. The van der Waals surface area contributed by atoms with Gasteiger partial charge in [-0.1, -0.05) is 54.5 Å². The van der Waals surface area contributed by atoms with E-state index in [9.17, 15) is 4.79 Å². The van der Waals surface area contributed by atoms with E-state index in [-0.39, 0.29) is 12.5 Å². The molecule has 0 aliphatic heterocycles. The molecule has 1 N–H and O–H groups in total. The first kappa shape index (κ1) is 18.7. The molecular weight excluding hydrogens is 342 g/mol. The lowest BCUT2D eigenvalue weighted by atomic mass is 10.1. The lowest BCUT2D eigenvalue weighted by molar-refractivity contribution is -0.117. The summed E-state index contributed by atoms with van der Waals surface area (Å²) in [6.07, 6.45) is 0. The third-order valence-electron chi connectivity index (χ3n) is 4.20. The molecule has 27 heavy (non-hydrogen) atoms. The topological polar surface area (TPSA) is 67.6 Å². The molecule has 0 saturated carbocycles. The molecule has 0 aliphatic rings. The van der Waals surface area contributed by atoms with E-state index in [0.717, 1.165) is 17.0 Å². The lowest BCUT2D eigenvalue weighted by Crippen LogP contribution is -2.32. The van der Waals surface area contributed by atoms with Gasteiger partial charge in [-0.05, 0) is 18.7 Å². The van der Waals surface area contributed by atoms with Gasteiger partial charge in [0, 0.05) is 11.6 Å². The van der Waals surface area contributed by atoms with Crippen molar-refractivity contribution in [1.29, 1.82) is 0 Å². The fourth-order valence-corrected chi connectivity index (χ4v) is 2.77. The Labute approximate surface area is 158 Å². The van der Waals surface area contributed by atoms with E-state index in [1.54, 1.807) is 7.11 Å². The zero-order valence-corrected chi connectivity index (χ0v) is 15.5. The van der Waals surface area contributed by atoms with E-state index >= 15 is 0 Å². The highest BCUT2D eigenvalue weighted by Crippen LogP contribution is 2.23. The van der Waals surface area contributed by atoms with Gasteiger partial charge in [0.1, 0.15) is 11.4 Å². The quantitative estimate of drug-likeness (QED) is 0.657. The molecule has 1 aromatic heterocycles. The third kappa shape index (κ3) is 4.95. The first-order chi connectivity index (χ1) is 13.2. The Hall–Kier alpha value is -3.12. The minimum atomic E-state index is -0.107. The van der Waals surface area contributed by atoms with E-state index < -0.39 is 0 Å². The summed E-state index contributed by atoms with van der Waals surface area (Å²) in [6.45, 7) is 3.47. The number of amides is 1.